The number of rotatable bonds is 8. The largest absolute Gasteiger partial charge is 0.479 e. The van der Waals surface area contributed by atoms with E-state index in [0.717, 1.165) is 19.8 Å². The van der Waals surface area contributed by atoms with Gasteiger partial charge in [-0.1, -0.05) is 13.8 Å². The van der Waals surface area contributed by atoms with Crippen molar-refractivity contribution in [2.45, 2.75) is 44.0 Å². The fourth-order valence-electron chi connectivity index (χ4n) is 1.49. The molecule has 19 heavy (non-hydrogen) atoms. The molecule has 0 rings (SSSR count). The van der Waals surface area contributed by atoms with Crippen LogP contribution in [0, 0.1) is 0 Å². The minimum Gasteiger partial charge on any atom is -0.479 e. The maximum atomic E-state index is 11.6. The van der Waals surface area contributed by atoms with Crippen molar-refractivity contribution in [3.05, 3.63) is 0 Å². The average molecular weight is 292 g/mol. The minimum atomic E-state index is -1.95. The molecule has 4 N–H and O–H groups in total. The molecule has 0 aromatic carbocycles. The fraction of sp³-hybridized carbons (Fsp3) is 0.833. The van der Waals surface area contributed by atoms with E-state index in [1.54, 1.807) is 11.8 Å². The van der Waals surface area contributed by atoms with Gasteiger partial charge in [0.2, 0.25) is 0 Å². The van der Waals surface area contributed by atoms with E-state index in [1.165, 1.54) is 0 Å². The van der Waals surface area contributed by atoms with Gasteiger partial charge in [0.15, 0.2) is 5.60 Å². The van der Waals surface area contributed by atoms with Crippen LogP contribution in [0.5, 0.6) is 0 Å². The highest BCUT2D eigenvalue weighted by molar-refractivity contribution is 8.00. The van der Waals surface area contributed by atoms with Crippen LogP contribution in [0.3, 0.4) is 0 Å². The van der Waals surface area contributed by atoms with E-state index in [0.29, 0.717) is 6.54 Å². The molecule has 0 aromatic rings. The second kappa shape index (κ2) is 7.59. The number of urea groups is 1. The van der Waals surface area contributed by atoms with Gasteiger partial charge >= 0.3 is 12.0 Å². The first-order valence-electron chi connectivity index (χ1n) is 6.25. The Labute approximate surface area is 118 Å². The standard InChI is InChI=1S/C12H24N2O4S/c1-5-12(6-2,19-4)8-14-10(17)13-7-11(3,18)9(15)16/h18H,5-8H2,1-4H3,(H,15,16)(H2,13,14,17). The molecule has 0 saturated carbocycles. The highest BCUT2D eigenvalue weighted by atomic mass is 32.2. The lowest BCUT2D eigenvalue weighted by molar-refractivity contribution is -0.155. The van der Waals surface area contributed by atoms with Crippen molar-refractivity contribution in [1.82, 2.24) is 10.6 Å². The van der Waals surface area contributed by atoms with Crippen molar-refractivity contribution < 1.29 is 19.8 Å². The van der Waals surface area contributed by atoms with E-state index < -0.39 is 17.6 Å². The van der Waals surface area contributed by atoms with E-state index >= 15 is 0 Å². The Balaban J connectivity index is 4.23. The van der Waals surface area contributed by atoms with Gasteiger partial charge in [-0.2, -0.15) is 11.8 Å². The molecular weight excluding hydrogens is 268 g/mol. The molecule has 0 aliphatic heterocycles. The highest BCUT2D eigenvalue weighted by Crippen LogP contribution is 2.29. The van der Waals surface area contributed by atoms with Crippen molar-refractivity contribution in [1.29, 1.82) is 0 Å². The number of thioether (sulfide) groups is 1. The third-order valence-corrected chi connectivity index (χ3v) is 4.93. The summed E-state index contributed by atoms with van der Waals surface area (Å²) in [4.78, 5) is 22.2. The average Bonchev–Trinajstić information content (AvgIpc) is 2.38. The van der Waals surface area contributed by atoms with E-state index in [1.807, 2.05) is 6.26 Å². The van der Waals surface area contributed by atoms with Gasteiger partial charge in [0.05, 0.1) is 6.54 Å². The molecule has 0 bridgehead atoms. The number of carbonyl (C=O) groups is 2. The SMILES string of the molecule is CCC(CC)(CNC(=O)NCC(C)(O)C(=O)O)SC. The van der Waals surface area contributed by atoms with Crippen molar-refractivity contribution in [3.8, 4) is 0 Å². The monoisotopic (exact) mass is 292 g/mol. The van der Waals surface area contributed by atoms with E-state index in [-0.39, 0.29) is 11.3 Å². The molecule has 7 heteroatoms. The smallest absolute Gasteiger partial charge is 0.337 e. The van der Waals surface area contributed by atoms with Crippen LogP contribution in [-0.2, 0) is 4.79 Å². The number of carboxylic acids is 1. The van der Waals surface area contributed by atoms with Crippen LogP contribution in [0.15, 0.2) is 0 Å². The number of nitrogens with one attached hydrogen (secondary N) is 2. The molecule has 0 saturated heterocycles. The van der Waals surface area contributed by atoms with Crippen LogP contribution in [0.2, 0.25) is 0 Å². The van der Waals surface area contributed by atoms with Gasteiger partial charge in [0, 0.05) is 11.3 Å². The van der Waals surface area contributed by atoms with E-state index in [2.05, 4.69) is 24.5 Å². The molecule has 0 radical (unpaired) electrons. The second-order valence-corrected chi connectivity index (χ2v) is 5.98. The first kappa shape index (κ1) is 18.0. The number of amides is 2. The minimum absolute atomic E-state index is 0.00729. The third-order valence-electron chi connectivity index (χ3n) is 3.35. The van der Waals surface area contributed by atoms with Gasteiger partial charge in [-0.05, 0) is 26.0 Å². The molecule has 0 heterocycles. The molecule has 1 unspecified atom stereocenters. The van der Waals surface area contributed by atoms with Crippen LogP contribution >= 0.6 is 11.8 Å². The normalized spacial score (nSPS) is 14.6. The maximum absolute atomic E-state index is 11.6. The number of hydrogen-bond donors (Lipinski definition) is 4. The van der Waals surface area contributed by atoms with Gasteiger partial charge < -0.3 is 20.8 Å². The number of carboxylic acid groups (broad SMARTS) is 1. The number of aliphatic carboxylic acids is 1. The lowest BCUT2D eigenvalue weighted by atomic mass is 10.0. The number of carbonyl (C=O) groups excluding carboxylic acids is 1. The number of aliphatic hydroxyl groups is 1. The molecule has 6 nitrogen and oxygen atoms in total. The lowest BCUT2D eigenvalue weighted by Gasteiger charge is -2.30. The molecule has 0 aromatic heterocycles. The van der Waals surface area contributed by atoms with Gasteiger partial charge in [-0.3, -0.25) is 0 Å². The molecule has 0 aliphatic rings. The summed E-state index contributed by atoms with van der Waals surface area (Å²) in [7, 11) is 0. The Kier molecular flexibility index (Phi) is 7.21. The van der Waals surface area contributed by atoms with Gasteiger partial charge in [-0.15, -0.1) is 0 Å². The lowest BCUT2D eigenvalue weighted by Crippen LogP contribution is -2.51. The quantitative estimate of drug-likeness (QED) is 0.536. The van der Waals surface area contributed by atoms with Crippen LogP contribution in [0.25, 0.3) is 0 Å². The van der Waals surface area contributed by atoms with Crippen molar-refractivity contribution in [2.75, 3.05) is 19.3 Å². The molecule has 112 valence electrons. The summed E-state index contributed by atoms with van der Waals surface area (Å²) < 4.78 is -0.00729. The van der Waals surface area contributed by atoms with Crippen molar-refractivity contribution in [2.24, 2.45) is 0 Å². The van der Waals surface area contributed by atoms with Crippen LogP contribution < -0.4 is 10.6 Å². The predicted octanol–water partition coefficient (Wildman–Crippen LogP) is 1.04. The fourth-order valence-corrected chi connectivity index (χ4v) is 2.29. The Morgan fingerprint density at radius 3 is 2.00 bits per heavy atom. The molecular formula is C12H24N2O4S. The second-order valence-electron chi connectivity index (χ2n) is 4.71. The van der Waals surface area contributed by atoms with Gasteiger partial charge in [-0.25, -0.2) is 9.59 Å². The summed E-state index contributed by atoms with van der Waals surface area (Å²) in [6.45, 7) is 5.43. The summed E-state index contributed by atoms with van der Waals surface area (Å²) in [6, 6.07) is -0.471. The topological polar surface area (TPSA) is 98.7 Å². The molecule has 0 aliphatic carbocycles. The summed E-state index contributed by atoms with van der Waals surface area (Å²) in [5.74, 6) is -1.37. The van der Waals surface area contributed by atoms with Crippen LogP contribution in [-0.4, -0.2) is 51.9 Å². The van der Waals surface area contributed by atoms with E-state index in [4.69, 9.17) is 5.11 Å². The summed E-state index contributed by atoms with van der Waals surface area (Å²) in [5.41, 5.74) is -1.95. The van der Waals surface area contributed by atoms with Crippen LogP contribution in [0.1, 0.15) is 33.6 Å². The van der Waals surface area contributed by atoms with Crippen molar-refractivity contribution in [3.63, 3.8) is 0 Å². The van der Waals surface area contributed by atoms with Crippen LogP contribution in [0.4, 0.5) is 4.79 Å². The molecule has 0 spiro atoms. The zero-order valence-electron chi connectivity index (χ0n) is 11.9. The first-order chi connectivity index (χ1) is 8.73. The summed E-state index contributed by atoms with van der Waals surface area (Å²) >= 11 is 1.70. The van der Waals surface area contributed by atoms with Gasteiger partial charge in [0.25, 0.3) is 0 Å². The van der Waals surface area contributed by atoms with Crippen molar-refractivity contribution >= 4 is 23.8 Å². The highest BCUT2D eigenvalue weighted by Gasteiger charge is 2.31. The Morgan fingerprint density at radius 1 is 1.16 bits per heavy atom. The Bertz CT molecular complexity index is 309. The Morgan fingerprint density at radius 2 is 1.63 bits per heavy atom. The zero-order valence-corrected chi connectivity index (χ0v) is 12.8. The number of hydrogen-bond acceptors (Lipinski definition) is 4. The Hall–Kier alpha value is -0.950. The maximum Gasteiger partial charge on any atom is 0.337 e. The van der Waals surface area contributed by atoms with E-state index in [9.17, 15) is 14.7 Å². The first-order valence-corrected chi connectivity index (χ1v) is 7.48. The molecule has 2 amide bonds. The molecule has 0 fully saturated rings. The zero-order chi connectivity index (χ0) is 15.1. The molecule has 1 atom stereocenters. The predicted molar refractivity (Wildman–Crippen MR) is 76.5 cm³/mol. The summed E-state index contributed by atoms with van der Waals surface area (Å²) in [6.07, 6.45) is 3.86. The summed E-state index contributed by atoms with van der Waals surface area (Å²) in [5, 5.41) is 23.2. The van der Waals surface area contributed by atoms with Gasteiger partial charge in [0.1, 0.15) is 0 Å². The third kappa shape index (κ3) is 5.69.